The molecule has 0 amide bonds. The summed E-state index contributed by atoms with van der Waals surface area (Å²) in [5, 5.41) is 14.4. The Morgan fingerprint density at radius 2 is 2.22 bits per heavy atom. The molecule has 0 bridgehead atoms. The summed E-state index contributed by atoms with van der Waals surface area (Å²) in [6.45, 7) is 1.91. The third-order valence-electron chi connectivity index (χ3n) is 0.888. The van der Waals surface area contributed by atoms with Gasteiger partial charge in [-0.15, -0.1) is 0 Å². The van der Waals surface area contributed by atoms with Crippen LogP contribution in [0.5, 0.6) is 0 Å². The van der Waals surface area contributed by atoms with Crippen LogP contribution in [0, 0.1) is 0 Å². The van der Waals surface area contributed by atoms with Gasteiger partial charge in [0.2, 0.25) is 0 Å². The van der Waals surface area contributed by atoms with Gasteiger partial charge in [-0.3, -0.25) is 0 Å². The molecule has 0 heterocycles. The highest BCUT2D eigenvalue weighted by atomic mass is 16.3. The minimum absolute atomic E-state index is 0.396. The number of hydrazone groups is 1. The van der Waals surface area contributed by atoms with Gasteiger partial charge in [-0.05, 0) is 6.42 Å². The summed E-state index contributed by atoms with van der Waals surface area (Å²) in [6, 6.07) is 0. The summed E-state index contributed by atoms with van der Waals surface area (Å²) in [5.74, 6) is 0. The number of nitrogens with zero attached hydrogens (tertiary/aromatic N) is 2. The average Bonchev–Trinajstić information content (AvgIpc) is 1.83. The van der Waals surface area contributed by atoms with E-state index in [1.807, 2.05) is 21.0 Å². The molecule has 1 N–H and O–H groups in total. The van der Waals surface area contributed by atoms with Crippen LogP contribution in [0.2, 0.25) is 0 Å². The van der Waals surface area contributed by atoms with E-state index in [-0.39, 0.29) is 0 Å². The Balaban J connectivity index is 3.43. The van der Waals surface area contributed by atoms with Crippen molar-refractivity contribution in [2.45, 2.75) is 19.4 Å². The Morgan fingerprint density at radius 3 is 2.56 bits per heavy atom. The van der Waals surface area contributed by atoms with E-state index in [1.54, 1.807) is 5.01 Å². The number of rotatable bonds is 3. The second-order valence-electron chi connectivity index (χ2n) is 2.09. The van der Waals surface area contributed by atoms with Crippen molar-refractivity contribution in [3.63, 3.8) is 0 Å². The van der Waals surface area contributed by atoms with Gasteiger partial charge in [0.05, 0.1) is 12.3 Å². The van der Waals surface area contributed by atoms with E-state index in [4.69, 9.17) is 5.11 Å². The summed E-state index contributed by atoms with van der Waals surface area (Å²) in [7, 11) is 3.64. The Bertz CT molecular complexity index is 91.1. The van der Waals surface area contributed by atoms with Crippen molar-refractivity contribution in [3.05, 3.63) is 0 Å². The first-order valence-corrected chi connectivity index (χ1v) is 3.06. The number of hydrogen-bond donors (Lipinski definition) is 1. The van der Waals surface area contributed by atoms with E-state index >= 15 is 0 Å². The number of aliphatic hydroxyl groups excluding tert-OH is 1. The van der Waals surface area contributed by atoms with Gasteiger partial charge in [0.25, 0.3) is 0 Å². The molecule has 0 aliphatic carbocycles. The second-order valence-corrected chi connectivity index (χ2v) is 2.09. The molecule has 0 aromatic heterocycles. The van der Waals surface area contributed by atoms with Gasteiger partial charge in [-0.1, -0.05) is 6.92 Å². The molecule has 0 aliphatic heterocycles. The van der Waals surface area contributed by atoms with E-state index < -0.39 is 6.10 Å². The van der Waals surface area contributed by atoms with Gasteiger partial charge in [0.15, 0.2) is 0 Å². The van der Waals surface area contributed by atoms with Crippen molar-refractivity contribution in [2.75, 3.05) is 14.1 Å². The van der Waals surface area contributed by atoms with Crippen LogP contribution < -0.4 is 0 Å². The maximum absolute atomic E-state index is 8.93. The lowest BCUT2D eigenvalue weighted by Gasteiger charge is -2.04. The third-order valence-corrected chi connectivity index (χ3v) is 0.888. The van der Waals surface area contributed by atoms with Crippen LogP contribution in [-0.4, -0.2) is 36.5 Å². The molecular weight excluding hydrogens is 116 g/mol. The molecule has 0 rings (SSSR count). The molecule has 0 spiro atoms. The number of aliphatic hydroxyl groups is 1. The second kappa shape index (κ2) is 4.32. The predicted molar refractivity (Wildman–Crippen MR) is 38.5 cm³/mol. The fraction of sp³-hybridized carbons (Fsp3) is 0.833. The zero-order valence-corrected chi connectivity index (χ0v) is 6.20. The molecule has 0 saturated carbocycles. The van der Waals surface area contributed by atoms with Gasteiger partial charge in [0, 0.05) is 14.1 Å². The van der Waals surface area contributed by atoms with Gasteiger partial charge in [0.1, 0.15) is 0 Å². The van der Waals surface area contributed by atoms with Gasteiger partial charge < -0.3 is 10.1 Å². The van der Waals surface area contributed by atoms with Crippen molar-refractivity contribution in [1.29, 1.82) is 0 Å². The molecule has 3 heteroatoms. The summed E-state index contributed by atoms with van der Waals surface area (Å²) in [4.78, 5) is 0. The zero-order chi connectivity index (χ0) is 7.28. The molecule has 3 nitrogen and oxygen atoms in total. The molecule has 0 aromatic rings. The highest BCUT2D eigenvalue weighted by Crippen LogP contribution is 1.84. The highest BCUT2D eigenvalue weighted by molar-refractivity contribution is 5.61. The van der Waals surface area contributed by atoms with Crippen LogP contribution in [0.3, 0.4) is 0 Å². The van der Waals surface area contributed by atoms with Crippen molar-refractivity contribution in [3.8, 4) is 0 Å². The van der Waals surface area contributed by atoms with Crippen LogP contribution in [0.1, 0.15) is 13.3 Å². The zero-order valence-electron chi connectivity index (χ0n) is 6.20. The fourth-order valence-electron chi connectivity index (χ4n) is 0.316. The van der Waals surface area contributed by atoms with E-state index in [0.717, 1.165) is 6.42 Å². The summed E-state index contributed by atoms with van der Waals surface area (Å²) < 4.78 is 0. The molecule has 0 aromatic carbocycles. The van der Waals surface area contributed by atoms with E-state index in [2.05, 4.69) is 5.10 Å². The standard InChI is InChI=1S/C6H14N2O/c1-4-6(9)5-7-8(2)3/h5-6,9H,4H2,1-3H3. The fourth-order valence-corrected chi connectivity index (χ4v) is 0.316. The minimum atomic E-state index is -0.396. The molecule has 9 heavy (non-hydrogen) atoms. The molecule has 54 valence electrons. The Morgan fingerprint density at radius 1 is 1.67 bits per heavy atom. The molecule has 0 fully saturated rings. The average molecular weight is 130 g/mol. The highest BCUT2D eigenvalue weighted by Gasteiger charge is 1.92. The van der Waals surface area contributed by atoms with Crippen molar-refractivity contribution in [2.24, 2.45) is 5.10 Å². The van der Waals surface area contributed by atoms with E-state index in [9.17, 15) is 0 Å². The Labute approximate surface area is 56.0 Å². The van der Waals surface area contributed by atoms with Crippen LogP contribution in [0.25, 0.3) is 0 Å². The molecule has 0 radical (unpaired) electrons. The Kier molecular flexibility index (Phi) is 4.05. The summed E-state index contributed by atoms with van der Waals surface area (Å²) in [6.07, 6.45) is 1.85. The van der Waals surface area contributed by atoms with E-state index in [0.29, 0.717) is 0 Å². The first kappa shape index (κ1) is 8.43. The lowest BCUT2D eigenvalue weighted by Crippen LogP contribution is -2.10. The van der Waals surface area contributed by atoms with Crippen LogP contribution in [0.15, 0.2) is 5.10 Å². The lowest BCUT2D eigenvalue weighted by atomic mass is 10.3. The molecule has 1 atom stereocenters. The van der Waals surface area contributed by atoms with Crippen LogP contribution in [-0.2, 0) is 0 Å². The third kappa shape index (κ3) is 5.30. The lowest BCUT2D eigenvalue weighted by molar-refractivity contribution is 0.239. The van der Waals surface area contributed by atoms with Gasteiger partial charge in [-0.25, -0.2) is 0 Å². The topological polar surface area (TPSA) is 35.8 Å². The van der Waals surface area contributed by atoms with E-state index in [1.165, 1.54) is 6.21 Å². The maximum atomic E-state index is 8.93. The molecule has 1 unspecified atom stereocenters. The predicted octanol–water partition coefficient (Wildman–Crippen LogP) is 0.305. The SMILES string of the molecule is CCC(O)C=NN(C)C. The monoisotopic (exact) mass is 130 g/mol. The molecular formula is C6H14N2O. The molecule has 0 aliphatic rings. The number of hydrogen-bond acceptors (Lipinski definition) is 3. The summed E-state index contributed by atoms with van der Waals surface area (Å²) in [5.41, 5.74) is 0. The van der Waals surface area contributed by atoms with Crippen LogP contribution in [0.4, 0.5) is 0 Å². The Hall–Kier alpha value is -0.570. The first-order valence-electron chi connectivity index (χ1n) is 3.06. The van der Waals surface area contributed by atoms with Crippen molar-refractivity contribution >= 4 is 6.21 Å². The quantitative estimate of drug-likeness (QED) is 0.440. The van der Waals surface area contributed by atoms with Gasteiger partial charge >= 0.3 is 0 Å². The van der Waals surface area contributed by atoms with Gasteiger partial charge in [-0.2, -0.15) is 5.10 Å². The molecule has 0 saturated heterocycles. The van der Waals surface area contributed by atoms with Crippen molar-refractivity contribution < 1.29 is 5.11 Å². The first-order chi connectivity index (χ1) is 4.16. The summed E-state index contributed by atoms with van der Waals surface area (Å²) >= 11 is 0. The normalized spacial score (nSPS) is 14.2. The smallest absolute Gasteiger partial charge is 0.0906 e. The van der Waals surface area contributed by atoms with Crippen molar-refractivity contribution in [1.82, 2.24) is 5.01 Å². The van der Waals surface area contributed by atoms with Crippen LogP contribution >= 0.6 is 0 Å². The largest absolute Gasteiger partial charge is 0.387 e. The maximum Gasteiger partial charge on any atom is 0.0906 e. The minimum Gasteiger partial charge on any atom is -0.387 e.